The highest BCUT2D eigenvalue weighted by Gasteiger charge is 2.33. The van der Waals surface area contributed by atoms with Crippen LogP contribution in [0.1, 0.15) is 11.1 Å². The summed E-state index contributed by atoms with van der Waals surface area (Å²) in [6, 6.07) is 21.6. The number of nitrogens with zero attached hydrogens (tertiary/aromatic N) is 1. The van der Waals surface area contributed by atoms with Gasteiger partial charge in [0, 0.05) is 19.1 Å². The second-order valence-corrected chi connectivity index (χ2v) is 5.07. The number of hydrogen-bond donors (Lipinski definition) is 0. The van der Waals surface area contributed by atoms with E-state index in [1.165, 1.54) is 11.1 Å². The smallest absolute Gasteiger partial charge is 0.0717 e. The van der Waals surface area contributed by atoms with Gasteiger partial charge in [0.2, 0.25) is 0 Å². The molecule has 0 radical (unpaired) electrons. The second-order valence-electron chi connectivity index (χ2n) is 5.07. The molecule has 2 unspecified atom stereocenters. The van der Waals surface area contributed by atoms with Gasteiger partial charge in [-0.05, 0) is 11.1 Å². The Morgan fingerprint density at radius 3 is 2.21 bits per heavy atom. The number of ether oxygens (including phenoxy) is 1. The molecule has 19 heavy (non-hydrogen) atoms. The minimum atomic E-state index is 0.601. The Labute approximate surface area is 114 Å². The van der Waals surface area contributed by atoms with Crippen LogP contribution in [0.5, 0.6) is 0 Å². The van der Waals surface area contributed by atoms with Gasteiger partial charge in [-0.1, -0.05) is 60.7 Å². The van der Waals surface area contributed by atoms with Crippen molar-refractivity contribution in [1.29, 1.82) is 0 Å². The van der Waals surface area contributed by atoms with Crippen LogP contribution in [0.2, 0.25) is 0 Å². The molecule has 0 aliphatic carbocycles. The van der Waals surface area contributed by atoms with Crippen molar-refractivity contribution in [2.24, 2.45) is 0 Å². The molecule has 2 nitrogen and oxygen atoms in total. The highest BCUT2D eigenvalue weighted by atomic mass is 16.5. The Bertz CT molecular complexity index is 497. The fraction of sp³-hybridized carbons (Fsp3) is 0.294. The molecule has 1 fully saturated rings. The average molecular weight is 253 g/mol. The molecular weight excluding hydrogens is 234 g/mol. The van der Waals surface area contributed by atoms with E-state index in [0.717, 1.165) is 26.3 Å². The third-order valence-corrected chi connectivity index (χ3v) is 3.48. The molecule has 2 aromatic rings. The van der Waals surface area contributed by atoms with Gasteiger partial charge in [0.1, 0.15) is 0 Å². The Morgan fingerprint density at radius 1 is 0.895 bits per heavy atom. The molecule has 0 amide bonds. The van der Waals surface area contributed by atoms with Crippen LogP contribution in [-0.4, -0.2) is 24.1 Å². The van der Waals surface area contributed by atoms with Crippen molar-refractivity contribution < 1.29 is 4.74 Å². The molecule has 0 aromatic heterocycles. The molecule has 1 heterocycles. The minimum Gasteiger partial charge on any atom is -0.375 e. The molecule has 98 valence electrons. The van der Waals surface area contributed by atoms with Crippen molar-refractivity contribution in [2.45, 2.75) is 19.2 Å². The van der Waals surface area contributed by atoms with Crippen LogP contribution in [0.25, 0.3) is 0 Å². The number of hydrogen-bond acceptors (Lipinski definition) is 2. The van der Waals surface area contributed by atoms with E-state index in [1.54, 1.807) is 0 Å². The van der Waals surface area contributed by atoms with Crippen molar-refractivity contribution in [3.05, 3.63) is 71.8 Å². The van der Waals surface area contributed by atoms with Crippen LogP contribution >= 0.6 is 0 Å². The lowest BCUT2D eigenvalue weighted by atomic mass is 10.2. The van der Waals surface area contributed by atoms with E-state index in [1.807, 2.05) is 6.07 Å². The van der Waals surface area contributed by atoms with E-state index in [4.69, 9.17) is 4.74 Å². The highest BCUT2D eigenvalue weighted by molar-refractivity contribution is 5.16. The lowest BCUT2D eigenvalue weighted by Crippen LogP contribution is -2.08. The van der Waals surface area contributed by atoms with Crippen molar-refractivity contribution in [3.8, 4) is 0 Å². The molecule has 0 N–H and O–H groups in total. The molecule has 1 saturated heterocycles. The zero-order chi connectivity index (χ0) is 12.9. The third-order valence-electron chi connectivity index (χ3n) is 3.48. The maximum absolute atomic E-state index is 5.77. The largest absolute Gasteiger partial charge is 0.375 e. The molecule has 2 heteroatoms. The second kappa shape index (κ2) is 6.00. The molecule has 3 rings (SSSR count). The van der Waals surface area contributed by atoms with Gasteiger partial charge in [-0.25, -0.2) is 0 Å². The summed E-state index contributed by atoms with van der Waals surface area (Å²) in [6.07, 6.45) is 0. The van der Waals surface area contributed by atoms with Gasteiger partial charge in [0.05, 0.1) is 13.2 Å². The summed E-state index contributed by atoms with van der Waals surface area (Å²) in [5.41, 5.74) is 2.63. The van der Waals surface area contributed by atoms with Crippen LogP contribution in [0.3, 0.4) is 0 Å². The van der Waals surface area contributed by atoms with Crippen LogP contribution in [0, 0.1) is 0 Å². The Hall–Kier alpha value is -1.64. The number of benzene rings is 2. The Morgan fingerprint density at radius 2 is 1.53 bits per heavy atom. The lowest BCUT2D eigenvalue weighted by Gasteiger charge is -2.05. The predicted molar refractivity (Wildman–Crippen MR) is 76.7 cm³/mol. The van der Waals surface area contributed by atoms with E-state index in [9.17, 15) is 0 Å². The SMILES string of the molecule is c1ccc(COCC2CN2Cc2ccccc2)cc1. The summed E-state index contributed by atoms with van der Waals surface area (Å²) in [5, 5.41) is 0. The van der Waals surface area contributed by atoms with E-state index >= 15 is 0 Å². The zero-order valence-electron chi connectivity index (χ0n) is 11.0. The Kier molecular flexibility index (Phi) is 3.92. The van der Waals surface area contributed by atoms with Gasteiger partial charge >= 0.3 is 0 Å². The van der Waals surface area contributed by atoms with Crippen LogP contribution in [0.15, 0.2) is 60.7 Å². The summed E-state index contributed by atoms with van der Waals surface area (Å²) < 4.78 is 5.77. The van der Waals surface area contributed by atoms with Crippen LogP contribution in [0.4, 0.5) is 0 Å². The third kappa shape index (κ3) is 3.66. The monoisotopic (exact) mass is 253 g/mol. The summed E-state index contributed by atoms with van der Waals surface area (Å²) in [5.74, 6) is 0. The molecule has 0 spiro atoms. The lowest BCUT2D eigenvalue weighted by molar-refractivity contribution is 0.114. The standard InChI is InChI=1S/C17H19NO/c1-3-7-15(8-4-1)11-18-12-17(18)14-19-13-16-9-5-2-6-10-16/h1-10,17H,11-14H2. The van der Waals surface area contributed by atoms with E-state index < -0.39 is 0 Å². The first-order valence-electron chi connectivity index (χ1n) is 6.81. The van der Waals surface area contributed by atoms with Crippen molar-refractivity contribution in [2.75, 3.05) is 13.2 Å². The van der Waals surface area contributed by atoms with Gasteiger partial charge in [0.25, 0.3) is 0 Å². The van der Waals surface area contributed by atoms with Gasteiger partial charge in [-0.2, -0.15) is 0 Å². The number of rotatable bonds is 6. The van der Waals surface area contributed by atoms with E-state index in [0.29, 0.717) is 6.04 Å². The fourth-order valence-electron chi connectivity index (χ4n) is 2.28. The van der Waals surface area contributed by atoms with Gasteiger partial charge < -0.3 is 4.74 Å². The average Bonchev–Trinajstić information content (AvgIpc) is 3.19. The van der Waals surface area contributed by atoms with E-state index in [-0.39, 0.29) is 0 Å². The molecular formula is C17H19NO. The maximum atomic E-state index is 5.77. The van der Waals surface area contributed by atoms with E-state index in [2.05, 4.69) is 59.5 Å². The first-order chi connectivity index (χ1) is 9.42. The first kappa shape index (κ1) is 12.4. The maximum Gasteiger partial charge on any atom is 0.0717 e. The van der Waals surface area contributed by atoms with Crippen molar-refractivity contribution >= 4 is 0 Å². The molecule has 1 aliphatic rings. The topological polar surface area (TPSA) is 12.2 Å². The van der Waals surface area contributed by atoms with Crippen molar-refractivity contribution in [3.63, 3.8) is 0 Å². The molecule has 2 atom stereocenters. The molecule has 2 aromatic carbocycles. The normalized spacial score (nSPS) is 21.3. The predicted octanol–water partition coefficient (Wildman–Crippen LogP) is 3.09. The van der Waals surface area contributed by atoms with Gasteiger partial charge in [-0.3, -0.25) is 4.90 Å². The summed E-state index contributed by atoms with van der Waals surface area (Å²) in [7, 11) is 0. The minimum absolute atomic E-state index is 0.601. The van der Waals surface area contributed by atoms with Gasteiger partial charge in [0.15, 0.2) is 0 Å². The fourth-order valence-corrected chi connectivity index (χ4v) is 2.28. The zero-order valence-corrected chi connectivity index (χ0v) is 11.0. The highest BCUT2D eigenvalue weighted by Crippen LogP contribution is 2.21. The summed E-state index contributed by atoms with van der Waals surface area (Å²) in [6.45, 7) is 3.75. The summed E-state index contributed by atoms with van der Waals surface area (Å²) in [4.78, 5) is 2.44. The molecule has 1 aliphatic heterocycles. The van der Waals surface area contributed by atoms with Crippen LogP contribution in [-0.2, 0) is 17.9 Å². The molecule has 0 bridgehead atoms. The first-order valence-corrected chi connectivity index (χ1v) is 6.81. The quantitative estimate of drug-likeness (QED) is 0.733. The summed E-state index contributed by atoms with van der Waals surface area (Å²) >= 11 is 0. The van der Waals surface area contributed by atoms with Gasteiger partial charge in [-0.15, -0.1) is 0 Å². The van der Waals surface area contributed by atoms with Crippen LogP contribution < -0.4 is 0 Å². The molecule has 0 saturated carbocycles. The van der Waals surface area contributed by atoms with Crippen molar-refractivity contribution in [1.82, 2.24) is 4.90 Å². The Balaban J connectivity index is 1.37.